The number of piperidine rings is 1. The van der Waals surface area contributed by atoms with E-state index in [0.29, 0.717) is 32.4 Å². The molecule has 19 heavy (non-hydrogen) atoms. The van der Waals surface area contributed by atoms with E-state index in [1.807, 2.05) is 0 Å². The molecule has 2 saturated heterocycles. The van der Waals surface area contributed by atoms with Crippen molar-refractivity contribution in [3.63, 3.8) is 0 Å². The number of halogens is 1. The summed E-state index contributed by atoms with van der Waals surface area (Å²) in [6.07, 6.45) is 0.932. The minimum Gasteiger partial charge on any atom is -0.388 e. The van der Waals surface area contributed by atoms with E-state index in [-0.39, 0.29) is 31.5 Å². The highest BCUT2D eigenvalue weighted by atomic mass is 35.5. The van der Waals surface area contributed by atoms with Gasteiger partial charge in [-0.2, -0.15) is 0 Å². The van der Waals surface area contributed by atoms with Gasteiger partial charge in [0.25, 0.3) is 0 Å². The summed E-state index contributed by atoms with van der Waals surface area (Å²) in [4.78, 5) is 13.2. The molecular formula is C12H23ClN2O4. The van der Waals surface area contributed by atoms with E-state index in [1.54, 1.807) is 11.8 Å². The topological polar surface area (TPSA) is 96.0 Å². The molecule has 0 saturated carbocycles. The maximum atomic E-state index is 11.5. The van der Waals surface area contributed by atoms with Gasteiger partial charge in [0.05, 0.1) is 24.4 Å². The van der Waals surface area contributed by atoms with Crippen molar-refractivity contribution < 1.29 is 19.7 Å². The largest absolute Gasteiger partial charge is 0.388 e. The highest BCUT2D eigenvalue weighted by molar-refractivity contribution is 5.85. The average Bonchev–Trinajstić information content (AvgIpc) is 2.34. The first-order valence-corrected chi connectivity index (χ1v) is 6.41. The summed E-state index contributed by atoms with van der Waals surface area (Å²) in [5, 5.41) is 19.8. The lowest BCUT2D eigenvalue weighted by molar-refractivity contribution is -0.222. The van der Waals surface area contributed by atoms with Gasteiger partial charge in [0, 0.05) is 19.5 Å². The van der Waals surface area contributed by atoms with E-state index in [0.717, 1.165) is 0 Å². The highest BCUT2D eigenvalue weighted by Gasteiger charge is 2.48. The molecule has 2 aliphatic rings. The van der Waals surface area contributed by atoms with E-state index < -0.39 is 17.3 Å². The number of hydrogen-bond donors (Lipinski definition) is 3. The number of likely N-dealkylation sites (tertiary alicyclic amines) is 1. The fourth-order valence-electron chi connectivity index (χ4n) is 2.87. The van der Waals surface area contributed by atoms with Gasteiger partial charge in [-0.05, 0) is 19.8 Å². The van der Waals surface area contributed by atoms with Crippen LogP contribution in [0.15, 0.2) is 0 Å². The number of nitrogens with two attached hydrogens (primary N) is 1. The van der Waals surface area contributed by atoms with Crippen molar-refractivity contribution in [2.75, 3.05) is 26.2 Å². The molecule has 1 spiro atoms. The molecule has 0 aromatic carbocycles. The summed E-state index contributed by atoms with van der Waals surface area (Å²) in [5.41, 5.74) is 3.82. The fourth-order valence-corrected chi connectivity index (χ4v) is 2.87. The number of ether oxygens (including phenoxy) is 1. The van der Waals surface area contributed by atoms with Crippen molar-refractivity contribution in [2.45, 2.75) is 43.5 Å². The molecule has 2 heterocycles. The lowest BCUT2D eigenvalue weighted by Gasteiger charge is -2.49. The van der Waals surface area contributed by atoms with Crippen molar-refractivity contribution in [2.24, 2.45) is 5.73 Å². The van der Waals surface area contributed by atoms with Crippen LogP contribution in [0.4, 0.5) is 0 Å². The summed E-state index contributed by atoms with van der Waals surface area (Å²) < 4.78 is 5.74. The number of rotatable bonds is 1. The van der Waals surface area contributed by atoms with E-state index in [2.05, 4.69) is 0 Å². The smallest absolute Gasteiger partial charge is 0.236 e. The van der Waals surface area contributed by atoms with Crippen molar-refractivity contribution in [1.82, 2.24) is 4.90 Å². The molecule has 0 bridgehead atoms. The van der Waals surface area contributed by atoms with E-state index in [4.69, 9.17) is 10.5 Å². The molecule has 4 N–H and O–H groups in total. The first-order valence-electron chi connectivity index (χ1n) is 6.41. The minimum absolute atomic E-state index is 0. The molecule has 0 aliphatic carbocycles. The van der Waals surface area contributed by atoms with E-state index in [1.165, 1.54) is 0 Å². The van der Waals surface area contributed by atoms with Crippen LogP contribution < -0.4 is 5.73 Å². The second-order valence-corrected chi connectivity index (χ2v) is 5.63. The van der Waals surface area contributed by atoms with Crippen LogP contribution in [0.1, 0.15) is 26.2 Å². The summed E-state index contributed by atoms with van der Waals surface area (Å²) in [6, 6.07) is 0. The molecule has 7 heteroatoms. The molecule has 2 atom stereocenters. The second kappa shape index (κ2) is 5.93. The molecular weight excluding hydrogens is 272 g/mol. The molecule has 0 aromatic rings. The van der Waals surface area contributed by atoms with Gasteiger partial charge in [0.1, 0.15) is 6.10 Å². The lowest BCUT2D eigenvalue weighted by Crippen LogP contribution is -2.59. The van der Waals surface area contributed by atoms with Crippen molar-refractivity contribution in [1.29, 1.82) is 0 Å². The maximum Gasteiger partial charge on any atom is 0.236 e. The quantitative estimate of drug-likeness (QED) is 0.592. The van der Waals surface area contributed by atoms with E-state index >= 15 is 0 Å². The molecule has 0 unspecified atom stereocenters. The zero-order valence-corrected chi connectivity index (χ0v) is 12.0. The Balaban J connectivity index is 0.00000180. The summed E-state index contributed by atoms with van der Waals surface area (Å²) in [5.74, 6) is -0.0487. The first kappa shape index (κ1) is 16.7. The van der Waals surface area contributed by atoms with Crippen molar-refractivity contribution in [3.05, 3.63) is 0 Å². The average molecular weight is 295 g/mol. The zero-order chi connectivity index (χ0) is 13.4. The van der Waals surface area contributed by atoms with Crippen LogP contribution in [0.5, 0.6) is 0 Å². The number of hydrogen-bond acceptors (Lipinski definition) is 5. The molecule has 6 nitrogen and oxygen atoms in total. The number of amides is 1. The Labute approximate surface area is 119 Å². The van der Waals surface area contributed by atoms with E-state index in [9.17, 15) is 15.0 Å². The predicted octanol–water partition coefficient (Wildman–Crippen LogP) is -0.740. The Hall–Kier alpha value is -0.400. The summed E-state index contributed by atoms with van der Waals surface area (Å²) >= 11 is 0. The van der Waals surface area contributed by atoms with Crippen LogP contribution in [-0.2, 0) is 9.53 Å². The first-order chi connectivity index (χ1) is 8.38. The third-order valence-electron chi connectivity index (χ3n) is 4.15. The monoisotopic (exact) mass is 294 g/mol. The Morgan fingerprint density at radius 1 is 1.47 bits per heavy atom. The molecule has 2 rings (SSSR count). The molecule has 112 valence electrons. The zero-order valence-electron chi connectivity index (χ0n) is 11.2. The SMILES string of the molecule is C[C@]1(O)CC2(CCN(C(=O)CN)CC2)OC[C@@H]1O.Cl. The molecule has 0 aromatic heterocycles. The molecule has 1 amide bonds. The summed E-state index contributed by atoms with van der Waals surface area (Å²) in [6.45, 7) is 3.02. The Bertz CT molecular complexity index is 330. The van der Waals surface area contributed by atoms with Gasteiger partial charge in [0.15, 0.2) is 0 Å². The molecule has 2 fully saturated rings. The van der Waals surface area contributed by atoms with Gasteiger partial charge in [-0.25, -0.2) is 0 Å². The minimum atomic E-state index is -1.11. The lowest BCUT2D eigenvalue weighted by atomic mass is 9.76. The number of nitrogens with zero attached hydrogens (tertiary/aromatic N) is 1. The predicted molar refractivity (Wildman–Crippen MR) is 72.0 cm³/mol. The van der Waals surface area contributed by atoms with Crippen LogP contribution in [0.3, 0.4) is 0 Å². The molecule has 2 aliphatic heterocycles. The third kappa shape index (κ3) is 3.38. The van der Waals surface area contributed by atoms with Gasteiger partial charge in [-0.3, -0.25) is 4.79 Å². The van der Waals surface area contributed by atoms with Crippen LogP contribution >= 0.6 is 12.4 Å². The maximum absolute atomic E-state index is 11.5. The summed E-state index contributed by atoms with van der Waals surface area (Å²) in [7, 11) is 0. The third-order valence-corrected chi connectivity index (χ3v) is 4.15. The number of carbonyl (C=O) groups is 1. The Morgan fingerprint density at radius 2 is 2.05 bits per heavy atom. The van der Waals surface area contributed by atoms with Crippen LogP contribution in [-0.4, -0.2) is 64.6 Å². The highest BCUT2D eigenvalue weighted by Crippen LogP contribution is 2.39. The standard InChI is InChI=1S/C12H22N2O4.ClH/c1-11(17)8-12(18-7-9(11)15)2-4-14(5-3-12)10(16)6-13;/h9,15,17H,2-8,13H2,1H3;1H/t9-,11-;/m0./s1. The Kier molecular flexibility index (Phi) is 5.20. The number of aliphatic hydroxyl groups excluding tert-OH is 1. The fraction of sp³-hybridized carbons (Fsp3) is 0.917. The van der Waals surface area contributed by atoms with Crippen LogP contribution in [0.25, 0.3) is 0 Å². The molecule has 0 radical (unpaired) electrons. The number of carbonyl (C=O) groups excluding carboxylic acids is 1. The Morgan fingerprint density at radius 3 is 2.53 bits per heavy atom. The van der Waals surface area contributed by atoms with Crippen molar-refractivity contribution in [3.8, 4) is 0 Å². The second-order valence-electron chi connectivity index (χ2n) is 5.63. The van der Waals surface area contributed by atoms with Gasteiger partial charge >= 0.3 is 0 Å². The van der Waals surface area contributed by atoms with Crippen LogP contribution in [0, 0.1) is 0 Å². The van der Waals surface area contributed by atoms with Gasteiger partial charge in [-0.15, -0.1) is 12.4 Å². The normalized spacial score (nSPS) is 33.9. The van der Waals surface area contributed by atoms with Crippen LogP contribution in [0.2, 0.25) is 0 Å². The van der Waals surface area contributed by atoms with Crippen molar-refractivity contribution >= 4 is 18.3 Å². The number of aliphatic hydroxyl groups is 2. The van der Waals surface area contributed by atoms with Gasteiger partial charge in [0.2, 0.25) is 5.91 Å². The van der Waals surface area contributed by atoms with Gasteiger partial charge in [-0.1, -0.05) is 0 Å². The van der Waals surface area contributed by atoms with Gasteiger partial charge < -0.3 is 25.6 Å².